The summed E-state index contributed by atoms with van der Waals surface area (Å²) in [5, 5.41) is 14.5. The van der Waals surface area contributed by atoms with Gasteiger partial charge in [0.15, 0.2) is 0 Å². The number of hydrogen-bond acceptors (Lipinski definition) is 3. The van der Waals surface area contributed by atoms with Gasteiger partial charge in [-0.25, -0.2) is 4.68 Å². The molecule has 0 aliphatic heterocycles. The molecule has 0 unspecified atom stereocenters. The molecule has 7 heteroatoms. The van der Waals surface area contributed by atoms with Gasteiger partial charge in [-0.05, 0) is 39.0 Å². The molecule has 0 atom stereocenters. The lowest BCUT2D eigenvalue weighted by Gasteiger charge is -2.19. The Morgan fingerprint density at radius 1 is 1.29 bits per heavy atom. The number of aromatic nitrogens is 2. The second-order valence-corrected chi connectivity index (χ2v) is 6.35. The summed E-state index contributed by atoms with van der Waals surface area (Å²) in [7, 11) is 0. The molecule has 1 heterocycles. The normalized spacial score (nSPS) is 10.9. The van der Waals surface area contributed by atoms with Crippen LogP contribution >= 0.6 is 23.2 Å². The van der Waals surface area contributed by atoms with Crippen LogP contribution in [-0.4, -0.2) is 45.4 Å². The Morgan fingerprint density at radius 2 is 2.00 bits per heavy atom. The van der Waals surface area contributed by atoms with Crippen LogP contribution in [0.25, 0.3) is 5.69 Å². The van der Waals surface area contributed by atoms with E-state index in [9.17, 15) is 4.79 Å². The number of aliphatic hydroxyl groups excluding tert-OH is 1. The SMILES string of the molecule is CCN(CCO)C(=O)Cc1c(C)nn(-c2ccc(Cl)c(Cl)c2)c1C. The number of likely N-dealkylation sites (N-methyl/N-ethyl adjacent to an activating group) is 1. The largest absolute Gasteiger partial charge is 0.395 e. The van der Waals surface area contributed by atoms with Crippen molar-refractivity contribution in [3.8, 4) is 5.69 Å². The third kappa shape index (κ3) is 3.91. The molecule has 1 N–H and O–H groups in total. The van der Waals surface area contributed by atoms with Crippen LogP contribution in [0.1, 0.15) is 23.9 Å². The van der Waals surface area contributed by atoms with Crippen LogP contribution in [0.4, 0.5) is 0 Å². The highest BCUT2D eigenvalue weighted by Gasteiger charge is 2.19. The summed E-state index contributed by atoms with van der Waals surface area (Å²) < 4.78 is 1.77. The van der Waals surface area contributed by atoms with E-state index >= 15 is 0 Å². The molecule has 0 saturated carbocycles. The number of aryl methyl sites for hydroxylation is 1. The van der Waals surface area contributed by atoms with Crippen molar-refractivity contribution in [2.45, 2.75) is 27.2 Å². The second-order valence-electron chi connectivity index (χ2n) is 5.53. The summed E-state index contributed by atoms with van der Waals surface area (Å²) in [6.45, 7) is 6.57. The van der Waals surface area contributed by atoms with Gasteiger partial charge < -0.3 is 10.0 Å². The van der Waals surface area contributed by atoms with Crippen molar-refractivity contribution in [3.63, 3.8) is 0 Å². The van der Waals surface area contributed by atoms with Gasteiger partial charge in [-0.3, -0.25) is 4.79 Å². The molecular weight excluding hydrogens is 349 g/mol. The molecule has 1 aromatic heterocycles. The highest BCUT2D eigenvalue weighted by Crippen LogP contribution is 2.26. The van der Waals surface area contributed by atoms with Crippen molar-refractivity contribution in [1.29, 1.82) is 0 Å². The molecule has 1 amide bonds. The zero-order valence-corrected chi connectivity index (χ0v) is 15.5. The first-order chi connectivity index (χ1) is 11.4. The van der Waals surface area contributed by atoms with Crippen LogP contribution in [0.2, 0.25) is 10.0 Å². The Kier molecular flexibility index (Phi) is 6.27. The maximum absolute atomic E-state index is 12.4. The first-order valence-electron chi connectivity index (χ1n) is 7.78. The van der Waals surface area contributed by atoms with Crippen LogP contribution in [0, 0.1) is 13.8 Å². The number of rotatable bonds is 6. The van der Waals surface area contributed by atoms with Crippen molar-refractivity contribution in [1.82, 2.24) is 14.7 Å². The lowest BCUT2D eigenvalue weighted by atomic mass is 10.1. The fourth-order valence-electron chi connectivity index (χ4n) is 2.64. The Balaban J connectivity index is 2.32. The number of benzene rings is 1. The van der Waals surface area contributed by atoms with E-state index in [0.29, 0.717) is 23.1 Å². The fourth-order valence-corrected chi connectivity index (χ4v) is 2.93. The molecule has 0 fully saturated rings. The van der Waals surface area contributed by atoms with E-state index in [0.717, 1.165) is 22.6 Å². The van der Waals surface area contributed by atoms with E-state index in [2.05, 4.69) is 5.10 Å². The van der Waals surface area contributed by atoms with Gasteiger partial charge in [-0.1, -0.05) is 23.2 Å². The summed E-state index contributed by atoms with van der Waals surface area (Å²) in [6, 6.07) is 5.31. The zero-order chi connectivity index (χ0) is 17.9. The topological polar surface area (TPSA) is 58.4 Å². The maximum atomic E-state index is 12.4. The third-order valence-corrected chi connectivity index (χ3v) is 4.76. The molecule has 0 bridgehead atoms. The standard InChI is InChI=1S/C17H21Cl2N3O2/c1-4-21(7-8-23)17(24)10-14-11(2)20-22(12(14)3)13-5-6-15(18)16(19)9-13/h5-6,9,23H,4,7-8,10H2,1-3H3. The van der Waals surface area contributed by atoms with Gasteiger partial charge in [0.2, 0.25) is 5.91 Å². The molecule has 0 radical (unpaired) electrons. The summed E-state index contributed by atoms with van der Waals surface area (Å²) in [5.74, 6) is -0.0218. The minimum atomic E-state index is -0.0416. The number of halogens is 2. The quantitative estimate of drug-likeness (QED) is 0.850. The van der Waals surface area contributed by atoms with Gasteiger partial charge in [0.05, 0.1) is 34.5 Å². The molecule has 130 valence electrons. The Hall–Kier alpha value is -1.56. The Labute approximate surface area is 151 Å². The van der Waals surface area contributed by atoms with Crippen molar-refractivity contribution in [3.05, 3.63) is 45.2 Å². The number of nitrogens with zero attached hydrogens (tertiary/aromatic N) is 3. The lowest BCUT2D eigenvalue weighted by Crippen LogP contribution is -2.34. The molecule has 24 heavy (non-hydrogen) atoms. The molecule has 0 aliphatic rings. The zero-order valence-electron chi connectivity index (χ0n) is 14.0. The molecule has 1 aromatic carbocycles. The minimum Gasteiger partial charge on any atom is -0.395 e. The number of carbonyl (C=O) groups excluding carboxylic acids is 1. The van der Waals surface area contributed by atoms with E-state index in [1.165, 1.54) is 0 Å². The van der Waals surface area contributed by atoms with Crippen LogP contribution in [0.3, 0.4) is 0 Å². The average molecular weight is 370 g/mol. The Morgan fingerprint density at radius 3 is 2.58 bits per heavy atom. The number of hydrogen-bond donors (Lipinski definition) is 1. The van der Waals surface area contributed by atoms with Gasteiger partial charge in [-0.2, -0.15) is 5.10 Å². The number of aliphatic hydroxyl groups is 1. The van der Waals surface area contributed by atoms with Gasteiger partial charge >= 0.3 is 0 Å². The summed E-state index contributed by atoms with van der Waals surface area (Å²) >= 11 is 12.0. The van der Waals surface area contributed by atoms with Gasteiger partial charge in [-0.15, -0.1) is 0 Å². The van der Waals surface area contributed by atoms with Crippen molar-refractivity contribution in [2.75, 3.05) is 19.7 Å². The van der Waals surface area contributed by atoms with Crippen molar-refractivity contribution in [2.24, 2.45) is 0 Å². The van der Waals surface area contributed by atoms with Crippen molar-refractivity contribution < 1.29 is 9.90 Å². The molecule has 0 aliphatic carbocycles. The second kappa shape index (κ2) is 8.01. The molecule has 5 nitrogen and oxygen atoms in total. The van der Waals surface area contributed by atoms with Gasteiger partial charge in [0.25, 0.3) is 0 Å². The predicted octanol–water partition coefficient (Wildman–Crippen LogP) is 3.18. The summed E-state index contributed by atoms with van der Waals surface area (Å²) in [5.41, 5.74) is 3.38. The van der Waals surface area contributed by atoms with E-state index in [4.69, 9.17) is 28.3 Å². The van der Waals surface area contributed by atoms with Crippen molar-refractivity contribution >= 4 is 29.1 Å². The van der Waals surface area contributed by atoms with Crippen LogP contribution in [0.5, 0.6) is 0 Å². The number of carbonyl (C=O) groups is 1. The summed E-state index contributed by atoms with van der Waals surface area (Å²) in [4.78, 5) is 14.1. The van der Waals surface area contributed by atoms with Crippen LogP contribution in [-0.2, 0) is 11.2 Å². The maximum Gasteiger partial charge on any atom is 0.227 e. The van der Waals surface area contributed by atoms with E-state index in [1.54, 1.807) is 21.7 Å². The summed E-state index contributed by atoms with van der Waals surface area (Å²) in [6.07, 6.45) is 0.257. The Bertz CT molecular complexity index is 744. The number of amides is 1. The fraction of sp³-hybridized carbons (Fsp3) is 0.412. The minimum absolute atomic E-state index is 0.0218. The van der Waals surface area contributed by atoms with E-state index in [1.807, 2.05) is 26.8 Å². The predicted molar refractivity (Wildman–Crippen MR) is 96.1 cm³/mol. The lowest BCUT2D eigenvalue weighted by molar-refractivity contribution is -0.130. The van der Waals surface area contributed by atoms with Crippen LogP contribution in [0.15, 0.2) is 18.2 Å². The smallest absolute Gasteiger partial charge is 0.227 e. The third-order valence-electron chi connectivity index (χ3n) is 4.02. The molecule has 2 aromatic rings. The molecule has 0 spiro atoms. The first-order valence-corrected chi connectivity index (χ1v) is 8.53. The molecular formula is C17H21Cl2N3O2. The molecule has 0 saturated heterocycles. The first kappa shape index (κ1) is 18.8. The van der Waals surface area contributed by atoms with Gasteiger partial charge in [0.1, 0.15) is 0 Å². The van der Waals surface area contributed by atoms with E-state index in [-0.39, 0.29) is 18.9 Å². The van der Waals surface area contributed by atoms with E-state index < -0.39 is 0 Å². The monoisotopic (exact) mass is 369 g/mol. The average Bonchev–Trinajstić information content (AvgIpc) is 2.83. The highest BCUT2D eigenvalue weighted by molar-refractivity contribution is 6.42. The highest BCUT2D eigenvalue weighted by atomic mass is 35.5. The van der Waals surface area contributed by atoms with Gasteiger partial charge in [0, 0.05) is 24.3 Å². The molecule has 2 rings (SSSR count). The van der Waals surface area contributed by atoms with Crippen LogP contribution < -0.4 is 0 Å².